The fourth-order valence-corrected chi connectivity index (χ4v) is 1.84. The highest BCUT2D eigenvalue weighted by molar-refractivity contribution is 5.62. The van der Waals surface area contributed by atoms with E-state index in [2.05, 4.69) is 25.7 Å². The number of benzene rings is 1. The maximum Gasteiger partial charge on any atom is 0.264 e. The number of nitrogens with zero attached hydrogens (tertiary/aromatic N) is 1. The van der Waals surface area contributed by atoms with E-state index in [9.17, 15) is 4.79 Å². The molecule has 6 heteroatoms. The SMILES string of the molecule is O=c1cc(-c2ccc(NCc3ccn[nH]3)cc2)[nH][nH]1. The second-order valence-corrected chi connectivity index (χ2v) is 4.19. The maximum atomic E-state index is 11.1. The Morgan fingerprint density at radius 2 is 1.95 bits per heavy atom. The molecule has 0 spiro atoms. The quantitative estimate of drug-likeness (QED) is 0.572. The molecule has 0 radical (unpaired) electrons. The first-order valence-electron chi connectivity index (χ1n) is 5.91. The van der Waals surface area contributed by atoms with Crippen LogP contribution in [0.2, 0.25) is 0 Å². The van der Waals surface area contributed by atoms with Crippen LogP contribution in [0.5, 0.6) is 0 Å². The molecule has 4 N–H and O–H groups in total. The molecule has 0 unspecified atom stereocenters. The number of nitrogens with one attached hydrogen (secondary N) is 4. The van der Waals surface area contributed by atoms with Crippen LogP contribution in [-0.2, 0) is 6.54 Å². The highest BCUT2D eigenvalue weighted by Gasteiger charge is 2.00. The van der Waals surface area contributed by atoms with Gasteiger partial charge in [0.25, 0.3) is 5.56 Å². The van der Waals surface area contributed by atoms with Crippen molar-refractivity contribution in [2.45, 2.75) is 6.54 Å². The standard InChI is InChI=1S/C13H13N5O/c19-13-7-12(17-18-13)9-1-3-10(4-2-9)14-8-11-5-6-15-16-11/h1-7,14H,8H2,(H,15,16)(H2,17,18,19). The van der Waals surface area contributed by atoms with Gasteiger partial charge in [-0.3, -0.25) is 20.1 Å². The van der Waals surface area contributed by atoms with E-state index >= 15 is 0 Å². The van der Waals surface area contributed by atoms with Crippen molar-refractivity contribution < 1.29 is 0 Å². The molecule has 3 aromatic rings. The van der Waals surface area contributed by atoms with Crippen molar-refractivity contribution in [2.75, 3.05) is 5.32 Å². The highest BCUT2D eigenvalue weighted by atomic mass is 16.1. The summed E-state index contributed by atoms with van der Waals surface area (Å²) in [7, 11) is 0. The summed E-state index contributed by atoms with van der Waals surface area (Å²) >= 11 is 0. The molecular weight excluding hydrogens is 242 g/mol. The van der Waals surface area contributed by atoms with Gasteiger partial charge in [0.15, 0.2) is 0 Å². The third-order valence-electron chi connectivity index (χ3n) is 2.83. The molecule has 96 valence electrons. The molecule has 0 fully saturated rings. The Labute approximate surface area is 108 Å². The summed E-state index contributed by atoms with van der Waals surface area (Å²) in [6, 6.07) is 11.3. The third kappa shape index (κ3) is 2.57. The number of H-pyrrole nitrogens is 3. The van der Waals surface area contributed by atoms with Gasteiger partial charge in [0.2, 0.25) is 0 Å². The molecular formula is C13H13N5O. The van der Waals surface area contributed by atoms with E-state index in [1.165, 1.54) is 6.07 Å². The Kier molecular flexibility index (Phi) is 2.89. The molecule has 0 aliphatic rings. The van der Waals surface area contributed by atoms with Crippen molar-refractivity contribution in [3.05, 3.63) is 58.6 Å². The van der Waals surface area contributed by atoms with E-state index < -0.39 is 0 Å². The molecule has 2 aromatic heterocycles. The van der Waals surface area contributed by atoms with Crippen molar-refractivity contribution in [1.29, 1.82) is 0 Å². The van der Waals surface area contributed by atoms with Crippen molar-refractivity contribution in [3.8, 4) is 11.3 Å². The van der Waals surface area contributed by atoms with Crippen LogP contribution >= 0.6 is 0 Å². The van der Waals surface area contributed by atoms with Crippen LogP contribution in [0.25, 0.3) is 11.3 Å². The van der Waals surface area contributed by atoms with Gasteiger partial charge in [-0.1, -0.05) is 12.1 Å². The van der Waals surface area contributed by atoms with Gasteiger partial charge < -0.3 is 5.32 Å². The molecule has 3 rings (SSSR count). The summed E-state index contributed by atoms with van der Waals surface area (Å²) in [5.74, 6) is 0. The van der Waals surface area contributed by atoms with Gasteiger partial charge in [0, 0.05) is 18.0 Å². The zero-order valence-electron chi connectivity index (χ0n) is 10.1. The van der Waals surface area contributed by atoms with Gasteiger partial charge in [-0.15, -0.1) is 0 Å². The van der Waals surface area contributed by atoms with Gasteiger partial charge in [0.1, 0.15) is 0 Å². The lowest BCUT2D eigenvalue weighted by Crippen LogP contribution is -1.99. The Bertz CT molecular complexity index is 693. The molecule has 2 heterocycles. The third-order valence-corrected chi connectivity index (χ3v) is 2.83. The molecule has 6 nitrogen and oxygen atoms in total. The highest BCUT2D eigenvalue weighted by Crippen LogP contribution is 2.18. The fourth-order valence-electron chi connectivity index (χ4n) is 1.84. The first-order chi connectivity index (χ1) is 9.31. The van der Waals surface area contributed by atoms with Crippen molar-refractivity contribution >= 4 is 5.69 Å². The van der Waals surface area contributed by atoms with Gasteiger partial charge in [-0.2, -0.15) is 5.10 Å². The maximum absolute atomic E-state index is 11.1. The van der Waals surface area contributed by atoms with E-state index in [0.29, 0.717) is 6.54 Å². The van der Waals surface area contributed by atoms with E-state index in [-0.39, 0.29) is 5.56 Å². The molecule has 1 aromatic carbocycles. The zero-order valence-corrected chi connectivity index (χ0v) is 10.1. The average molecular weight is 255 g/mol. The second kappa shape index (κ2) is 4.85. The van der Waals surface area contributed by atoms with Crippen LogP contribution in [0.3, 0.4) is 0 Å². The number of hydrogen-bond acceptors (Lipinski definition) is 3. The van der Waals surface area contributed by atoms with Crippen LogP contribution in [0, 0.1) is 0 Å². The number of aromatic amines is 3. The summed E-state index contributed by atoms with van der Waals surface area (Å²) in [5, 5.41) is 15.4. The van der Waals surface area contributed by atoms with Gasteiger partial charge in [-0.25, -0.2) is 0 Å². The summed E-state index contributed by atoms with van der Waals surface area (Å²) in [6.07, 6.45) is 1.72. The number of aromatic nitrogens is 4. The lowest BCUT2D eigenvalue weighted by atomic mass is 10.1. The fraction of sp³-hybridized carbons (Fsp3) is 0.0769. The van der Waals surface area contributed by atoms with Crippen molar-refractivity contribution in [1.82, 2.24) is 20.4 Å². The second-order valence-electron chi connectivity index (χ2n) is 4.19. The number of rotatable bonds is 4. The van der Waals surface area contributed by atoms with Crippen molar-refractivity contribution in [2.24, 2.45) is 0 Å². The monoisotopic (exact) mass is 255 g/mol. The smallest absolute Gasteiger partial charge is 0.264 e. The Morgan fingerprint density at radius 1 is 1.11 bits per heavy atom. The molecule has 0 atom stereocenters. The van der Waals surface area contributed by atoms with Crippen LogP contribution < -0.4 is 10.9 Å². The van der Waals surface area contributed by atoms with Crippen LogP contribution in [0.4, 0.5) is 5.69 Å². The van der Waals surface area contributed by atoms with Crippen LogP contribution in [0.1, 0.15) is 5.69 Å². The predicted molar refractivity (Wildman–Crippen MR) is 72.8 cm³/mol. The van der Waals surface area contributed by atoms with Gasteiger partial charge in [0.05, 0.1) is 17.9 Å². The summed E-state index contributed by atoms with van der Waals surface area (Å²) in [4.78, 5) is 11.1. The topological polar surface area (TPSA) is 89.4 Å². The zero-order chi connectivity index (χ0) is 13.1. The molecule has 0 saturated carbocycles. The Balaban J connectivity index is 1.70. The summed E-state index contributed by atoms with van der Waals surface area (Å²) in [5.41, 5.74) is 3.65. The first kappa shape index (κ1) is 11.3. The predicted octanol–water partition coefficient (Wildman–Crippen LogP) is 1.71. The van der Waals surface area contributed by atoms with Crippen LogP contribution in [0.15, 0.2) is 47.4 Å². The number of hydrogen-bond donors (Lipinski definition) is 4. The molecule has 0 saturated heterocycles. The number of anilines is 1. The lowest BCUT2D eigenvalue weighted by molar-refractivity contribution is 0.981. The molecule has 0 aliphatic heterocycles. The average Bonchev–Trinajstić information content (AvgIpc) is 3.08. The minimum atomic E-state index is -0.128. The molecule has 19 heavy (non-hydrogen) atoms. The lowest BCUT2D eigenvalue weighted by Gasteiger charge is -2.05. The van der Waals surface area contributed by atoms with E-state index in [0.717, 1.165) is 22.6 Å². The van der Waals surface area contributed by atoms with Gasteiger partial charge >= 0.3 is 0 Å². The van der Waals surface area contributed by atoms with Crippen LogP contribution in [-0.4, -0.2) is 20.4 Å². The van der Waals surface area contributed by atoms with Crippen molar-refractivity contribution in [3.63, 3.8) is 0 Å². The summed E-state index contributed by atoms with van der Waals surface area (Å²) < 4.78 is 0. The minimum Gasteiger partial charge on any atom is -0.379 e. The van der Waals surface area contributed by atoms with E-state index in [4.69, 9.17) is 0 Å². The molecule has 0 aliphatic carbocycles. The Hall–Kier alpha value is -2.76. The largest absolute Gasteiger partial charge is 0.379 e. The minimum absolute atomic E-state index is 0.128. The van der Waals surface area contributed by atoms with E-state index in [1.807, 2.05) is 30.3 Å². The van der Waals surface area contributed by atoms with E-state index in [1.54, 1.807) is 6.20 Å². The normalized spacial score (nSPS) is 10.5. The molecule has 0 bridgehead atoms. The first-order valence-corrected chi connectivity index (χ1v) is 5.91. The Morgan fingerprint density at radius 3 is 2.58 bits per heavy atom. The summed E-state index contributed by atoms with van der Waals surface area (Å²) in [6.45, 7) is 0.695. The molecule has 0 amide bonds. The van der Waals surface area contributed by atoms with Gasteiger partial charge in [-0.05, 0) is 23.8 Å².